The SMILES string of the molecule is CCCN(CCCO)C(=O)C1=Cc2ccc(-c3ccc(C(=O)OCc4ccccc4)cc3)cc2N=C(N)C1. The van der Waals surface area contributed by atoms with Gasteiger partial charge in [0.1, 0.15) is 12.4 Å². The lowest BCUT2D eigenvalue weighted by molar-refractivity contribution is -0.127. The van der Waals surface area contributed by atoms with Gasteiger partial charge in [-0.15, -0.1) is 0 Å². The summed E-state index contributed by atoms with van der Waals surface area (Å²) in [6.45, 7) is 3.40. The molecule has 0 radical (unpaired) electrons. The molecule has 0 aliphatic carbocycles. The Kier molecular flexibility index (Phi) is 9.06. The number of ether oxygens (including phenoxy) is 1. The molecule has 196 valence electrons. The van der Waals surface area contributed by atoms with Gasteiger partial charge in [0.2, 0.25) is 5.91 Å². The summed E-state index contributed by atoms with van der Waals surface area (Å²) < 4.78 is 5.42. The molecule has 0 saturated heterocycles. The molecule has 3 aromatic rings. The quantitative estimate of drug-likeness (QED) is 0.368. The molecule has 7 heteroatoms. The minimum absolute atomic E-state index is 0.0393. The number of amides is 1. The van der Waals surface area contributed by atoms with E-state index in [9.17, 15) is 14.7 Å². The number of nitrogens with two attached hydrogens (primary N) is 1. The van der Waals surface area contributed by atoms with Crippen LogP contribution in [0.25, 0.3) is 17.2 Å². The predicted octanol–water partition coefficient (Wildman–Crippen LogP) is 5.11. The van der Waals surface area contributed by atoms with Crippen LogP contribution in [-0.4, -0.2) is 47.4 Å². The van der Waals surface area contributed by atoms with Crippen LogP contribution in [0.5, 0.6) is 0 Å². The topological polar surface area (TPSA) is 105 Å². The zero-order valence-corrected chi connectivity index (χ0v) is 21.6. The van der Waals surface area contributed by atoms with Crippen molar-refractivity contribution in [3.05, 3.63) is 95.1 Å². The first-order valence-electron chi connectivity index (χ1n) is 12.9. The average molecular weight is 512 g/mol. The molecule has 1 heterocycles. The zero-order valence-electron chi connectivity index (χ0n) is 21.6. The number of esters is 1. The lowest BCUT2D eigenvalue weighted by Crippen LogP contribution is -2.35. The third kappa shape index (κ3) is 6.75. The fourth-order valence-corrected chi connectivity index (χ4v) is 4.36. The average Bonchev–Trinajstić information content (AvgIpc) is 3.11. The normalized spacial score (nSPS) is 12.6. The summed E-state index contributed by atoms with van der Waals surface area (Å²) in [5, 5.41) is 9.21. The summed E-state index contributed by atoms with van der Waals surface area (Å²) in [7, 11) is 0. The number of benzene rings is 3. The molecular weight excluding hydrogens is 478 g/mol. The van der Waals surface area contributed by atoms with Crippen LogP contribution < -0.4 is 5.73 Å². The number of carbonyl (C=O) groups is 2. The van der Waals surface area contributed by atoms with E-state index in [4.69, 9.17) is 10.5 Å². The summed E-state index contributed by atoms with van der Waals surface area (Å²) in [4.78, 5) is 32.0. The number of aliphatic hydroxyl groups is 1. The van der Waals surface area contributed by atoms with Crippen molar-refractivity contribution in [1.82, 2.24) is 4.90 Å². The van der Waals surface area contributed by atoms with Gasteiger partial charge in [0, 0.05) is 37.3 Å². The van der Waals surface area contributed by atoms with Crippen molar-refractivity contribution in [3.8, 4) is 11.1 Å². The Morgan fingerprint density at radius 2 is 1.74 bits per heavy atom. The Balaban J connectivity index is 1.51. The minimum atomic E-state index is -0.377. The zero-order chi connectivity index (χ0) is 26.9. The van der Waals surface area contributed by atoms with Crippen molar-refractivity contribution in [1.29, 1.82) is 0 Å². The largest absolute Gasteiger partial charge is 0.457 e. The number of amidine groups is 1. The summed E-state index contributed by atoms with van der Waals surface area (Å²) in [5.41, 5.74) is 11.6. The fraction of sp³-hybridized carbons (Fsp3) is 0.258. The van der Waals surface area contributed by atoms with Gasteiger partial charge in [-0.25, -0.2) is 9.79 Å². The van der Waals surface area contributed by atoms with Crippen molar-refractivity contribution in [2.75, 3.05) is 19.7 Å². The Bertz CT molecular complexity index is 1330. The van der Waals surface area contributed by atoms with Crippen LogP contribution in [0.1, 0.15) is 47.7 Å². The molecular formula is C31H33N3O4. The van der Waals surface area contributed by atoms with Gasteiger partial charge in [0.15, 0.2) is 0 Å². The number of hydrogen-bond acceptors (Lipinski definition) is 6. The number of nitrogens with zero attached hydrogens (tertiary/aromatic N) is 2. The Labute approximate surface area is 223 Å². The third-order valence-corrected chi connectivity index (χ3v) is 6.30. The number of carbonyl (C=O) groups excluding carboxylic acids is 2. The van der Waals surface area contributed by atoms with Crippen LogP contribution in [0.15, 0.2) is 83.4 Å². The second-order valence-electron chi connectivity index (χ2n) is 9.23. The Morgan fingerprint density at radius 1 is 1.00 bits per heavy atom. The van der Waals surface area contributed by atoms with E-state index < -0.39 is 0 Å². The Hall–Kier alpha value is -4.23. The van der Waals surface area contributed by atoms with Crippen molar-refractivity contribution in [2.45, 2.75) is 32.8 Å². The summed E-state index contributed by atoms with van der Waals surface area (Å²) in [6.07, 6.45) is 3.49. The second-order valence-corrected chi connectivity index (χ2v) is 9.23. The van der Waals surface area contributed by atoms with E-state index in [0.29, 0.717) is 42.2 Å². The molecule has 0 fully saturated rings. The van der Waals surface area contributed by atoms with Crippen LogP contribution in [0.3, 0.4) is 0 Å². The second kappa shape index (κ2) is 12.8. The summed E-state index contributed by atoms with van der Waals surface area (Å²) in [5.74, 6) is -0.0844. The Morgan fingerprint density at radius 3 is 2.45 bits per heavy atom. The van der Waals surface area contributed by atoms with E-state index >= 15 is 0 Å². The van der Waals surface area contributed by atoms with E-state index in [0.717, 1.165) is 28.7 Å². The summed E-state index contributed by atoms with van der Waals surface area (Å²) >= 11 is 0. The van der Waals surface area contributed by atoms with Crippen molar-refractivity contribution in [3.63, 3.8) is 0 Å². The molecule has 1 aliphatic heterocycles. The molecule has 0 unspecified atom stereocenters. The van der Waals surface area contributed by atoms with Crippen LogP contribution in [0, 0.1) is 0 Å². The first-order valence-corrected chi connectivity index (χ1v) is 12.9. The first kappa shape index (κ1) is 26.8. The molecule has 4 rings (SSSR count). The maximum atomic E-state index is 13.2. The third-order valence-electron chi connectivity index (χ3n) is 6.30. The molecule has 1 amide bonds. The van der Waals surface area contributed by atoms with E-state index in [1.807, 2.05) is 73.7 Å². The number of fused-ring (bicyclic) bond motifs is 1. The molecule has 3 N–H and O–H groups in total. The highest BCUT2D eigenvalue weighted by Gasteiger charge is 2.21. The van der Waals surface area contributed by atoms with E-state index in [-0.39, 0.29) is 31.5 Å². The lowest BCUT2D eigenvalue weighted by atomic mass is 10.00. The van der Waals surface area contributed by atoms with Gasteiger partial charge >= 0.3 is 5.97 Å². The van der Waals surface area contributed by atoms with E-state index in [1.165, 1.54) is 0 Å². The van der Waals surface area contributed by atoms with Crippen LogP contribution in [0.4, 0.5) is 5.69 Å². The van der Waals surface area contributed by atoms with Gasteiger partial charge < -0.3 is 20.5 Å². The lowest BCUT2D eigenvalue weighted by Gasteiger charge is -2.23. The minimum Gasteiger partial charge on any atom is -0.457 e. The molecule has 0 atom stereocenters. The van der Waals surface area contributed by atoms with Crippen molar-refractivity contribution >= 4 is 29.5 Å². The van der Waals surface area contributed by atoms with Crippen molar-refractivity contribution < 1.29 is 19.4 Å². The smallest absolute Gasteiger partial charge is 0.338 e. The number of aliphatic imine (C=N–C) groups is 1. The molecule has 3 aromatic carbocycles. The molecule has 0 bridgehead atoms. The standard InChI is InChI=1S/C31H33N3O4/c1-2-15-34(16-6-17-35)30(36)27-18-26-14-13-25(19-28(26)33-29(32)20-27)23-9-11-24(12-10-23)31(37)38-21-22-7-4-3-5-8-22/h3-5,7-14,18-19,35H,2,6,15-17,20-21H2,1H3,(H2,32,33). The molecule has 0 aromatic heterocycles. The first-order chi connectivity index (χ1) is 18.5. The highest BCUT2D eigenvalue weighted by atomic mass is 16.5. The van der Waals surface area contributed by atoms with Crippen LogP contribution >= 0.6 is 0 Å². The van der Waals surface area contributed by atoms with E-state index in [2.05, 4.69) is 4.99 Å². The van der Waals surface area contributed by atoms with Gasteiger partial charge in [-0.2, -0.15) is 0 Å². The maximum Gasteiger partial charge on any atom is 0.338 e. The molecule has 38 heavy (non-hydrogen) atoms. The van der Waals surface area contributed by atoms with Gasteiger partial charge in [-0.1, -0.05) is 61.5 Å². The summed E-state index contributed by atoms with van der Waals surface area (Å²) in [6, 6.07) is 22.6. The van der Waals surface area contributed by atoms with E-state index in [1.54, 1.807) is 17.0 Å². The molecule has 0 spiro atoms. The fourth-order valence-electron chi connectivity index (χ4n) is 4.36. The molecule has 0 saturated carbocycles. The van der Waals surface area contributed by atoms with Crippen molar-refractivity contribution in [2.24, 2.45) is 10.7 Å². The van der Waals surface area contributed by atoms with Crippen LogP contribution in [0.2, 0.25) is 0 Å². The monoisotopic (exact) mass is 511 g/mol. The van der Waals surface area contributed by atoms with Gasteiger partial charge in [-0.05, 0) is 53.8 Å². The predicted molar refractivity (Wildman–Crippen MR) is 150 cm³/mol. The number of aliphatic hydroxyl groups excluding tert-OH is 1. The maximum absolute atomic E-state index is 13.2. The number of rotatable bonds is 10. The molecule has 7 nitrogen and oxygen atoms in total. The number of hydrogen-bond donors (Lipinski definition) is 2. The van der Waals surface area contributed by atoms with Gasteiger partial charge in [-0.3, -0.25) is 4.79 Å². The molecule has 1 aliphatic rings. The van der Waals surface area contributed by atoms with Crippen LogP contribution in [-0.2, 0) is 16.1 Å². The highest BCUT2D eigenvalue weighted by Crippen LogP contribution is 2.32. The highest BCUT2D eigenvalue weighted by molar-refractivity contribution is 6.05. The van der Waals surface area contributed by atoms with Gasteiger partial charge in [0.05, 0.1) is 11.3 Å². The van der Waals surface area contributed by atoms with Gasteiger partial charge in [0.25, 0.3) is 0 Å².